The van der Waals surface area contributed by atoms with Crippen LogP contribution in [-0.2, 0) is 0 Å². The summed E-state index contributed by atoms with van der Waals surface area (Å²) in [6.07, 6.45) is 0. The van der Waals surface area contributed by atoms with Crippen LogP contribution in [0.2, 0.25) is 0 Å². The summed E-state index contributed by atoms with van der Waals surface area (Å²) in [5, 5.41) is 18.8. The fourth-order valence-electron chi connectivity index (χ4n) is 12.1. The fourth-order valence-corrected chi connectivity index (χ4v) is 16.9. The van der Waals surface area contributed by atoms with Gasteiger partial charge in [0, 0.05) is 0 Å². The first-order chi connectivity index (χ1) is 31.7. The van der Waals surface area contributed by atoms with Crippen molar-refractivity contribution in [1.82, 2.24) is 0 Å². The van der Waals surface area contributed by atoms with Gasteiger partial charge in [-0.25, -0.2) is 0 Å². The van der Waals surface area contributed by atoms with E-state index >= 15 is 0 Å². The van der Waals surface area contributed by atoms with Gasteiger partial charge in [-0.15, -0.1) is 0 Å². The van der Waals surface area contributed by atoms with E-state index in [1.165, 1.54) is 159 Å². The molecular weight excluding hydrogens is 903 g/mol. The standard InChI is InChI=1S/C62H32Se2/c1-3-19-53-39(13-1)41-23-21-35(29-55(41)63-53)59-45-27-25-38-37(49(45)31-51-43-15-5-9-33-11-7-17-47(57(33)43)61(51)59)26-28-46-50(38)32-52-44-16-6-10-34-12-8-18-48(58(34)44)62(52)60(46)36-22-24-42-40-14-2-4-20-54(40)64-56(42)30-36/h1-32H. The molecule has 0 radical (unpaired) electrons. The van der Waals surface area contributed by atoms with Gasteiger partial charge >= 0.3 is 382 Å². The SMILES string of the molecule is c1cc2c3c(cccc3c1)-c1c-2cc2c(ccc3c4cc5c(c(-c6ccc7c(c6)[se]c6ccccc67)c4ccc23)-c2cccc3cccc-5c23)c1-c1ccc2c(c1)[se]c1ccccc12. The van der Waals surface area contributed by atoms with Gasteiger partial charge in [0.05, 0.1) is 0 Å². The van der Waals surface area contributed by atoms with Crippen molar-refractivity contribution in [2.45, 2.75) is 0 Å². The number of hydrogen-bond acceptors (Lipinski definition) is 0. The van der Waals surface area contributed by atoms with Gasteiger partial charge in [0.1, 0.15) is 0 Å². The Labute approximate surface area is 379 Å². The first-order valence-corrected chi connectivity index (χ1v) is 25.6. The van der Waals surface area contributed by atoms with Crippen molar-refractivity contribution < 1.29 is 0 Å². The maximum atomic E-state index is 2.54. The monoisotopic (exact) mass is 936 g/mol. The molecule has 0 saturated carbocycles. The zero-order chi connectivity index (χ0) is 41.4. The molecule has 0 N–H and O–H groups in total. The van der Waals surface area contributed by atoms with E-state index in [0.29, 0.717) is 0 Å². The van der Waals surface area contributed by atoms with Crippen LogP contribution in [0.1, 0.15) is 0 Å². The van der Waals surface area contributed by atoms with E-state index in [1.54, 1.807) is 0 Å². The molecule has 0 aliphatic heterocycles. The van der Waals surface area contributed by atoms with Crippen LogP contribution in [0, 0.1) is 0 Å². The number of fused-ring (bicyclic) bond motifs is 17. The third-order valence-corrected chi connectivity index (χ3v) is 19.5. The van der Waals surface area contributed by atoms with Gasteiger partial charge in [-0.05, 0) is 0 Å². The number of rotatable bonds is 2. The van der Waals surface area contributed by atoms with Crippen LogP contribution in [0.15, 0.2) is 194 Å². The summed E-state index contributed by atoms with van der Waals surface area (Å²) in [7, 11) is 0. The average Bonchev–Trinajstić information content (AvgIpc) is 4.09. The van der Waals surface area contributed by atoms with Crippen molar-refractivity contribution in [2.75, 3.05) is 0 Å². The van der Waals surface area contributed by atoms with Crippen molar-refractivity contribution in [2.24, 2.45) is 0 Å². The Morgan fingerprint density at radius 2 is 0.609 bits per heavy atom. The second kappa shape index (κ2) is 12.4. The Bertz CT molecular complexity index is 4180. The van der Waals surface area contributed by atoms with Crippen LogP contribution in [0.5, 0.6) is 0 Å². The minimum absolute atomic E-state index is 0.274. The molecule has 0 nitrogen and oxygen atoms in total. The number of hydrogen-bond donors (Lipinski definition) is 0. The van der Waals surface area contributed by atoms with Gasteiger partial charge in [0.15, 0.2) is 0 Å². The van der Waals surface area contributed by atoms with Crippen LogP contribution in [0.25, 0.3) is 159 Å². The van der Waals surface area contributed by atoms with Crippen LogP contribution in [0.3, 0.4) is 0 Å². The van der Waals surface area contributed by atoms with Gasteiger partial charge in [-0.1, -0.05) is 0 Å². The van der Waals surface area contributed by atoms with E-state index in [-0.39, 0.29) is 29.0 Å². The van der Waals surface area contributed by atoms with Gasteiger partial charge in [0.2, 0.25) is 0 Å². The molecule has 14 aromatic rings. The molecule has 0 saturated heterocycles. The predicted molar refractivity (Wildman–Crippen MR) is 278 cm³/mol. The molecule has 2 heteroatoms. The first kappa shape index (κ1) is 34.5. The normalized spacial score (nSPS) is 12.7. The van der Waals surface area contributed by atoms with E-state index in [4.69, 9.17) is 0 Å². The van der Waals surface area contributed by atoms with E-state index < -0.39 is 0 Å². The van der Waals surface area contributed by atoms with Gasteiger partial charge in [-0.3, -0.25) is 0 Å². The van der Waals surface area contributed by atoms with Crippen molar-refractivity contribution in [3.63, 3.8) is 0 Å². The molecule has 2 aromatic heterocycles. The van der Waals surface area contributed by atoms with E-state index in [9.17, 15) is 0 Å². The average molecular weight is 935 g/mol. The Morgan fingerprint density at radius 3 is 1.08 bits per heavy atom. The summed E-state index contributed by atoms with van der Waals surface area (Å²) in [4.78, 5) is 0. The van der Waals surface area contributed by atoms with Crippen LogP contribution < -0.4 is 0 Å². The third kappa shape index (κ3) is 4.39. The third-order valence-electron chi connectivity index (χ3n) is 14.7. The molecule has 2 heterocycles. The molecular formula is C62H32Se2. The molecule has 0 amide bonds. The molecule has 0 unspecified atom stereocenters. The zero-order valence-electron chi connectivity index (χ0n) is 34.3. The van der Waals surface area contributed by atoms with E-state index in [1.807, 2.05) is 0 Å². The van der Waals surface area contributed by atoms with Crippen LogP contribution in [-0.4, -0.2) is 29.0 Å². The van der Waals surface area contributed by atoms with E-state index in [2.05, 4.69) is 194 Å². The summed E-state index contributed by atoms with van der Waals surface area (Å²) in [5.41, 5.74) is 16.1. The first-order valence-electron chi connectivity index (χ1n) is 22.1. The molecule has 16 rings (SSSR count). The second-order valence-electron chi connectivity index (χ2n) is 17.8. The molecule has 292 valence electrons. The Balaban J connectivity index is 1.03. The van der Waals surface area contributed by atoms with Gasteiger partial charge < -0.3 is 0 Å². The molecule has 2 aliphatic carbocycles. The summed E-state index contributed by atoms with van der Waals surface area (Å²) < 4.78 is 5.92. The molecule has 2 aliphatic rings. The summed E-state index contributed by atoms with van der Waals surface area (Å²) in [6, 6.07) is 75.1. The molecule has 12 aromatic carbocycles. The van der Waals surface area contributed by atoms with Crippen LogP contribution >= 0.6 is 0 Å². The summed E-state index contributed by atoms with van der Waals surface area (Å²) in [5.74, 6) is 0. The molecule has 64 heavy (non-hydrogen) atoms. The van der Waals surface area contributed by atoms with Crippen LogP contribution in [0.4, 0.5) is 0 Å². The van der Waals surface area contributed by atoms with Gasteiger partial charge in [0.25, 0.3) is 0 Å². The van der Waals surface area contributed by atoms with Crippen molar-refractivity contribution in [1.29, 1.82) is 0 Å². The summed E-state index contributed by atoms with van der Waals surface area (Å²) >= 11 is 0.548. The van der Waals surface area contributed by atoms with Gasteiger partial charge in [-0.2, -0.15) is 0 Å². The van der Waals surface area contributed by atoms with E-state index in [0.717, 1.165) is 0 Å². The second-order valence-corrected chi connectivity index (χ2v) is 22.3. The maximum absolute atomic E-state index is 2.54. The Hall–Kier alpha value is -7.02. The Morgan fingerprint density at radius 1 is 0.219 bits per heavy atom. The fraction of sp³-hybridized carbons (Fsp3) is 0. The topological polar surface area (TPSA) is 0 Å². The molecule has 0 fully saturated rings. The molecule has 0 bridgehead atoms. The summed E-state index contributed by atoms with van der Waals surface area (Å²) in [6.45, 7) is 0. The predicted octanol–water partition coefficient (Wildman–Crippen LogP) is 16.8. The molecule has 0 spiro atoms. The van der Waals surface area contributed by atoms with Crippen molar-refractivity contribution >= 4 is 121 Å². The Kier molecular flexibility index (Phi) is 6.66. The zero-order valence-corrected chi connectivity index (χ0v) is 37.7. The quantitative estimate of drug-likeness (QED) is 0.120. The molecule has 0 atom stereocenters. The number of benzene rings is 12. The minimum atomic E-state index is 0.274. The van der Waals surface area contributed by atoms with Crippen molar-refractivity contribution in [3.8, 4) is 66.8 Å². The van der Waals surface area contributed by atoms with Crippen molar-refractivity contribution in [3.05, 3.63) is 194 Å².